The zero-order valence-electron chi connectivity index (χ0n) is 39.4. The van der Waals surface area contributed by atoms with Crippen molar-refractivity contribution in [1.29, 1.82) is 0 Å². The predicted octanol–water partition coefficient (Wildman–Crippen LogP) is 3.36. The van der Waals surface area contributed by atoms with Crippen LogP contribution >= 0.6 is 0 Å². The Bertz CT molecular complexity index is 3060. The van der Waals surface area contributed by atoms with Crippen molar-refractivity contribution in [3.63, 3.8) is 0 Å². The number of nitrogens with zero attached hydrogens (tertiary/aromatic N) is 13. The Hall–Kier alpha value is -7.53. The van der Waals surface area contributed by atoms with Gasteiger partial charge in [0.2, 0.25) is 23.7 Å². The number of amides is 4. The van der Waals surface area contributed by atoms with Crippen LogP contribution in [0.2, 0.25) is 0 Å². The van der Waals surface area contributed by atoms with Gasteiger partial charge in [-0.15, -0.1) is 10.2 Å². The number of anilines is 2. The number of rotatable bonds is 19. The van der Waals surface area contributed by atoms with Crippen molar-refractivity contribution in [1.82, 2.24) is 68.6 Å². The van der Waals surface area contributed by atoms with Crippen molar-refractivity contribution in [2.24, 2.45) is 11.5 Å². The fourth-order valence-corrected chi connectivity index (χ4v) is 9.36. The van der Waals surface area contributed by atoms with E-state index in [9.17, 15) is 19.2 Å². The number of primary amides is 2. The van der Waals surface area contributed by atoms with Crippen LogP contribution in [0.5, 0.6) is 5.75 Å². The number of carbonyl (C=O) groups excluding carboxylic acids is 4. The number of pyridine rings is 1. The van der Waals surface area contributed by atoms with Crippen molar-refractivity contribution < 1.29 is 23.9 Å². The van der Waals surface area contributed by atoms with E-state index in [2.05, 4.69) is 55.8 Å². The Kier molecular flexibility index (Phi) is 13.5. The van der Waals surface area contributed by atoms with E-state index in [0.29, 0.717) is 102 Å². The third kappa shape index (κ3) is 9.77. The van der Waals surface area contributed by atoms with Gasteiger partial charge >= 0.3 is 0 Å². The molecule has 362 valence electrons. The van der Waals surface area contributed by atoms with Crippen molar-refractivity contribution in [2.45, 2.75) is 105 Å². The fraction of sp³-hybridized carbons (Fsp3) is 0.457. The number of carbonyl (C=O) groups is 4. The maximum absolute atomic E-state index is 13.9. The molecular formula is C46H58N18O5. The number of hydrogen-bond acceptors (Lipinski definition) is 14. The van der Waals surface area contributed by atoms with Crippen LogP contribution in [0.4, 0.5) is 11.9 Å². The van der Waals surface area contributed by atoms with Crippen LogP contribution in [0.25, 0.3) is 22.2 Å². The molecule has 2 aliphatic heterocycles. The van der Waals surface area contributed by atoms with Gasteiger partial charge in [0.25, 0.3) is 11.8 Å². The Morgan fingerprint density at radius 3 is 2.03 bits per heavy atom. The average Bonchev–Trinajstić information content (AvgIpc) is 4.18. The number of aromatic nitrogens is 12. The van der Waals surface area contributed by atoms with Gasteiger partial charge in [0.1, 0.15) is 39.8 Å². The maximum atomic E-state index is 13.9. The standard InChI is InChI=1S/C46H58N18O5/c1-5-63-34(20-27(3)57-63)43(67)53-45-51-32-22-30(39(47)65)24-36(69-19-9-13-59-16-10-29(11-17-59)41-56-55-37-26-49-12-18-60(37)41)38(32)61(45)14-7-8-15-62-42-33(23-31(25-50-42)40(48)66)52-46(62)54-44(68)35-21-28(4)58-64(35)6-2/h20-25,29,49H,5-19,26H2,1-4H3,(H2,47,65)(H2,48,66)(H,51,53,67)(H,52,54,68). The number of benzene rings is 1. The lowest BCUT2D eigenvalue weighted by Gasteiger charge is -2.32. The quantitative estimate of drug-likeness (QED) is 0.0728. The summed E-state index contributed by atoms with van der Waals surface area (Å²) in [6.07, 6.45) is 5.20. The molecule has 1 fully saturated rings. The van der Waals surface area contributed by atoms with Gasteiger partial charge in [0, 0.05) is 63.5 Å². The summed E-state index contributed by atoms with van der Waals surface area (Å²) < 4.78 is 15.7. The Morgan fingerprint density at radius 1 is 0.754 bits per heavy atom. The number of likely N-dealkylation sites (tertiary alicyclic amines) is 1. The smallest absolute Gasteiger partial charge is 0.276 e. The van der Waals surface area contributed by atoms with Crippen molar-refractivity contribution in [2.75, 3.05) is 43.4 Å². The van der Waals surface area contributed by atoms with Crippen LogP contribution in [0.15, 0.2) is 36.5 Å². The van der Waals surface area contributed by atoms with Gasteiger partial charge in [-0.2, -0.15) is 10.2 Å². The van der Waals surface area contributed by atoms with Crippen molar-refractivity contribution >= 4 is 57.7 Å². The maximum Gasteiger partial charge on any atom is 0.276 e. The zero-order chi connectivity index (χ0) is 48.3. The second-order valence-electron chi connectivity index (χ2n) is 17.5. The van der Waals surface area contributed by atoms with Crippen LogP contribution in [-0.4, -0.2) is 120 Å². The molecule has 69 heavy (non-hydrogen) atoms. The normalized spacial score (nSPS) is 14.4. The molecule has 9 rings (SSSR count). The topological polar surface area (TPSA) is 284 Å². The van der Waals surface area contributed by atoms with Gasteiger partial charge in [-0.25, -0.2) is 15.0 Å². The molecule has 4 amide bonds. The van der Waals surface area contributed by atoms with E-state index in [1.165, 1.54) is 6.20 Å². The minimum atomic E-state index is -0.654. The Balaban J connectivity index is 0.949. The first-order valence-electron chi connectivity index (χ1n) is 23.6. The van der Waals surface area contributed by atoms with Gasteiger partial charge in [-0.05, 0) is 103 Å². The molecule has 23 heteroatoms. The highest BCUT2D eigenvalue weighted by Gasteiger charge is 2.28. The molecule has 2 aliphatic rings. The van der Waals surface area contributed by atoms with E-state index in [-0.39, 0.29) is 23.0 Å². The minimum Gasteiger partial charge on any atom is -0.491 e. The van der Waals surface area contributed by atoms with Crippen LogP contribution in [-0.2, 0) is 39.3 Å². The summed E-state index contributed by atoms with van der Waals surface area (Å²) in [7, 11) is 0. The van der Waals surface area contributed by atoms with E-state index in [4.69, 9.17) is 21.2 Å². The van der Waals surface area contributed by atoms with E-state index >= 15 is 0 Å². The molecule has 0 radical (unpaired) electrons. The summed E-state index contributed by atoms with van der Waals surface area (Å²) in [6.45, 7) is 14.8. The zero-order valence-corrected chi connectivity index (χ0v) is 39.4. The van der Waals surface area contributed by atoms with Crippen molar-refractivity contribution in [3.05, 3.63) is 82.1 Å². The van der Waals surface area contributed by atoms with Crippen LogP contribution in [0.1, 0.15) is 117 Å². The number of unbranched alkanes of at least 4 members (excludes halogenated alkanes) is 1. The second-order valence-corrected chi connectivity index (χ2v) is 17.5. The Morgan fingerprint density at radius 2 is 1.38 bits per heavy atom. The lowest BCUT2D eigenvalue weighted by Crippen LogP contribution is -2.36. The molecule has 0 spiro atoms. The number of nitrogens with two attached hydrogens (primary N) is 2. The fourth-order valence-electron chi connectivity index (χ4n) is 9.36. The molecule has 0 atom stereocenters. The van der Waals surface area contributed by atoms with Crippen molar-refractivity contribution in [3.8, 4) is 5.75 Å². The molecule has 0 bridgehead atoms. The first kappa shape index (κ1) is 46.6. The van der Waals surface area contributed by atoms with Gasteiger partial charge in [0.05, 0.1) is 35.6 Å². The monoisotopic (exact) mass is 942 g/mol. The van der Waals surface area contributed by atoms with E-state index < -0.39 is 23.6 Å². The molecule has 7 aromatic rings. The molecule has 8 heterocycles. The largest absolute Gasteiger partial charge is 0.491 e. The summed E-state index contributed by atoms with van der Waals surface area (Å²) in [5.74, 6) is 1.28. The molecule has 1 saturated heterocycles. The van der Waals surface area contributed by atoms with E-state index in [1.54, 1.807) is 44.3 Å². The minimum absolute atomic E-state index is 0.181. The molecule has 0 unspecified atom stereocenters. The highest BCUT2D eigenvalue weighted by Crippen LogP contribution is 2.33. The second kappa shape index (κ2) is 20.0. The van der Waals surface area contributed by atoms with E-state index in [1.807, 2.05) is 32.3 Å². The summed E-state index contributed by atoms with van der Waals surface area (Å²) in [6, 6.07) is 8.21. The van der Waals surface area contributed by atoms with Gasteiger partial charge < -0.3 is 35.6 Å². The van der Waals surface area contributed by atoms with Gasteiger partial charge in [-0.1, -0.05) is 0 Å². The SMILES string of the molecule is CCn1nc(C)cc1C(=O)Nc1nc2cc(C(N)=O)cnc2n1CCCCn1c(NC(=O)c2cc(C)nn2CC)nc2cc(C(N)=O)cc(OCCCN3CCC(c4nnc5n4CCNC5)CC3)c21. The van der Waals surface area contributed by atoms with Gasteiger partial charge in [0.15, 0.2) is 5.65 Å². The third-order valence-electron chi connectivity index (χ3n) is 12.8. The number of nitrogens with one attached hydrogen (secondary N) is 3. The number of imidazole rings is 2. The molecule has 0 aliphatic carbocycles. The number of ether oxygens (including phenoxy) is 1. The molecule has 0 saturated carbocycles. The van der Waals surface area contributed by atoms with Crippen LogP contribution in [0.3, 0.4) is 0 Å². The number of fused-ring (bicyclic) bond motifs is 3. The summed E-state index contributed by atoms with van der Waals surface area (Å²) >= 11 is 0. The van der Waals surface area contributed by atoms with Crippen LogP contribution in [0, 0.1) is 13.8 Å². The Labute approximate surface area is 397 Å². The first-order chi connectivity index (χ1) is 33.4. The molecule has 6 aromatic heterocycles. The summed E-state index contributed by atoms with van der Waals surface area (Å²) in [5.41, 5.74) is 15.8. The number of piperidine rings is 1. The van der Waals surface area contributed by atoms with E-state index in [0.717, 1.165) is 70.2 Å². The highest BCUT2D eigenvalue weighted by atomic mass is 16.5. The molecule has 1 aromatic carbocycles. The molecular weight excluding hydrogens is 885 g/mol. The number of aryl methyl sites for hydroxylation is 6. The average molecular weight is 943 g/mol. The lowest BCUT2D eigenvalue weighted by molar-refractivity contribution is 0.0991. The third-order valence-corrected chi connectivity index (χ3v) is 12.8. The first-order valence-corrected chi connectivity index (χ1v) is 23.6. The lowest BCUT2D eigenvalue weighted by atomic mass is 9.95. The predicted molar refractivity (Wildman–Crippen MR) is 255 cm³/mol. The van der Waals surface area contributed by atoms with Gasteiger partial charge in [-0.3, -0.25) is 43.7 Å². The number of hydrogen-bond donors (Lipinski definition) is 5. The summed E-state index contributed by atoms with van der Waals surface area (Å²) in [5, 5.41) is 27.2. The van der Waals surface area contributed by atoms with Crippen LogP contribution < -0.4 is 32.2 Å². The summed E-state index contributed by atoms with van der Waals surface area (Å²) in [4.78, 5) is 68.8. The molecule has 7 N–H and O–H groups in total. The molecule has 23 nitrogen and oxygen atoms in total. The highest BCUT2D eigenvalue weighted by molar-refractivity contribution is 6.05.